The Hall–Kier alpha value is -4.14. The highest BCUT2D eigenvalue weighted by molar-refractivity contribution is 5.97. The summed E-state index contributed by atoms with van der Waals surface area (Å²) in [7, 11) is 0. The molecule has 2 amide bonds. The summed E-state index contributed by atoms with van der Waals surface area (Å²) >= 11 is 0. The number of carbonyl (C=O) groups excluding carboxylic acids is 2. The Morgan fingerprint density at radius 2 is 1.78 bits per heavy atom. The first-order valence-electron chi connectivity index (χ1n) is 11.7. The van der Waals surface area contributed by atoms with Gasteiger partial charge in [0.25, 0.3) is 0 Å². The van der Waals surface area contributed by atoms with Crippen LogP contribution in [0.1, 0.15) is 36.5 Å². The van der Waals surface area contributed by atoms with Gasteiger partial charge in [-0.15, -0.1) is 0 Å². The van der Waals surface area contributed by atoms with Crippen LogP contribution in [0.4, 0.5) is 24.5 Å². The van der Waals surface area contributed by atoms with Crippen LogP contribution in [0.2, 0.25) is 0 Å². The van der Waals surface area contributed by atoms with Crippen molar-refractivity contribution >= 4 is 29.4 Å². The quantitative estimate of drug-likeness (QED) is 0.338. The number of carbonyl (C=O) groups is 2. The lowest BCUT2D eigenvalue weighted by atomic mass is 9.98. The summed E-state index contributed by atoms with van der Waals surface area (Å²) in [5, 5.41) is 5.57. The number of anilines is 1. The zero-order valence-electron chi connectivity index (χ0n) is 20.5. The number of ether oxygens (including phenoxy) is 1. The van der Waals surface area contributed by atoms with Gasteiger partial charge in [0, 0.05) is 37.0 Å². The van der Waals surface area contributed by atoms with E-state index in [2.05, 4.69) is 15.6 Å². The lowest BCUT2D eigenvalue weighted by Crippen LogP contribution is -2.33. The Labute approximate surface area is 213 Å². The van der Waals surface area contributed by atoms with E-state index in [1.54, 1.807) is 24.3 Å². The summed E-state index contributed by atoms with van der Waals surface area (Å²) in [6.45, 7) is 3.70. The van der Waals surface area contributed by atoms with Gasteiger partial charge < -0.3 is 15.4 Å². The predicted octanol–water partition coefficient (Wildman–Crippen LogP) is 5.80. The molecule has 0 aliphatic carbocycles. The van der Waals surface area contributed by atoms with Crippen molar-refractivity contribution in [1.82, 2.24) is 5.32 Å². The van der Waals surface area contributed by atoms with E-state index in [1.807, 2.05) is 37.3 Å². The summed E-state index contributed by atoms with van der Waals surface area (Å²) < 4.78 is 43.8. The molecule has 0 heterocycles. The number of hydrogen-bond donors (Lipinski definition) is 2. The minimum Gasteiger partial charge on any atom is -0.493 e. The van der Waals surface area contributed by atoms with Crippen molar-refractivity contribution in [3.63, 3.8) is 0 Å². The van der Waals surface area contributed by atoms with Crippen LogP contribution in [0.25, 0.3) is 0 Å². The third kappa shape index (κ3) is 8.79. The first kappa shape index (κ1) is 27.4. The average Bonchev–Trinajstić information content (AvgIpc) is 2.83. The van der Waals surface area contributed by atoms with Crippen molar-refractivity contribution in [2.24, 2.45) is 4.99 Å². The first-order chi connectivity index (χ1) is 17.6. The molecule has 0 spiro atoms. The number of nitrogens with one attached hydrogen (secondary N) is 2. The van der Waals surface area contributed by atoms with Crippen LogP contribution >= 0.6 is 0 Å². The van der Waals surface area contributed by atoms with E-state index in [9.17, 15) is 22.8 Å². The zero-order chi connectivity index (χ0) is 26.8. The molecule has 3 aromatic carbocycles. The molecule has 0 bridgehead atoms. The molecular weight excluding hydrogens is 483 g/mol. The standard InChI is InChI=1S/C28H28F3N3O3/c1-3-37-26-15-24(34-27(36)25(18-32-19(2)35)21-9-5-4-6-10-21)13-12-22(26)17-33-23-11-7-8-20(14-23)16-28(29,30)31/h4-15,17,25H,3,16,18H2,1-2H3,(H,32,35)(H,34,36). The van der Waals surface area contributed by atoms with Gasteiger partial charge in [-0.3, -0.25) is 14.6 Å². The lowest BCUT2D eigenvalue weighted by molar-refractivity contribution is -0.127. The molecule has 1 atom stereocenters. The van der Waals surface area contributed by atoms with E-state index in [1.165, 1.54) is 31.3 Å². The predicted molar refractivity (Wildman–Crippen MR) is 138 cm³/mol. The van der Waals surface area contributed by atoms with Crippen LogP contribution in [0.3, 0.4) is 0 Å². The topological polar surface area (TPSA) is 79.8 Å². The van der Waals surface area contributed by atoms with Crippen LogP contribution in [0.5, 0.6) is 5.75 Å². The van der Waals surface area contributed by atoms with Crippen LogP contribution in [-0.2, 0) is 16.0 Å². The lowest BCUT2D eigenvalue weighted by Gasteiger charge is -2.18. The van der Waals surface area contributed by atoms with E-state index in [-0.39, 0.29) is 23.9 Å². The van der Waals surface area contributed by atoms with Crippen LogP contribution in [-0.4, -0.2) is 37.4 Å². The maximum atomic E-state index is 13.1. The molecule has 6 nitrogen and oxygen atoms in total. The molecule has 37 heavy (non-hydrogen) atoms. The minimum absolute atomic E-state index is 0.123. The number of aliphatic imine (C=N–C) groups is 1. The monoisotopic (exact) mass is 511 g/mol. The molecule has 0 aliphatic heterocycles. The molecule has 0 saturated carbocycles. The van der Waals surface area contributed by atoms with Gasteiger partial charge in [0.2, 0.25) is 11.8 Å². The highest BCUT2D eigenvalue weighted by Gasteiger charge is 2.27. The maximum Gasteiger partial charge on any atom is 0.393 e. The number of amides is 2. The zero-order valence-corrected chi connectivity index (χ0v) is 20.5. The Kier molecular flexibility index (Phi) is 9.43. The van der Waals surface area contributed by atoms with Crippen LogP contribution < -0.4 is 15.4 Å². The SMILES string of the molecule is CCOc1cc(NC(=O)C(CNC(C)=O)c2ccccc2)ccc1C=Nc1cccc(CC(F)(F)F)c1. The fraction of sp³-hybridized carbons (Fsp3) is 0.250. The van der Waals surface area contributed by atoms with Crippen LogP contribution in [0.15, 0.2) is 77.8 Å². The van der Waals surface area contributed by atoms with Gasteiger partial charge in [-0.1, -0.05) is 42.5 Å². The van der Waals surface area contributed by atoms with Crippen molar-refractivity contribution < 1.29 is 27.5 Å². The van der Waals surface area contributed by atoms with Gasteiger partial charge in [0.1, 0.15) is 5.75 Å². The molecule has 3 rings (SSSR count). The summed E-state index contributed by atoms with van der Waals surface area (Å²) in [6.07, 6.45) is -3.82. The third-order valence-corrected chi connectivity index (χ3v) is 5.32. The van der Waals surface area contributed by atoms with Crippen molar-refractivity contribution in [3.05, 3.63) is 89.5 Å². The molecule has 0 saturated heterocycles. The second-order valence-corrected chi connectivity index (χ2v) is 8.30. The molecule has 2 N–H and O–H groups in total. The Morgan fingerprint density at radius 1 is 1.03 bits per heavy atom. The highest BCUT2D eigenvalue weighted by Crippen LogP contribution is 2.27. The summed E-state index contributed by atoms with van der Waals surface area (Å²) in [5.41, 5.74) is 2.35. The van der Waals surface area contributed by atoms with E-state index in [4.69, 9.17) is 4.74 Å². The van der Waals surface area contributed by atoms with E-state index < -0.39 is 18.5 Å². The number of benzene rings is 3. The normalized spacial score (nSPS) is 12.2. The fourth-order valence-electron chi connectivity index (χ4n) is 3.64. The maximum absolute atomic E-state index is 13.1. The summed E-state index contributed by atoms with van der Waals surface area (Å²) in [4.78, 5) is 28.9. The fourth-order valence-corrected chi connectivity index (χ4v) is 3.64. The van der Waals surface area contributed by atoms with Gasteiger partial charge in [0.05, 0.1) is 24.6 Å². The average molecular weight is 512 g/mol. The van der Waals surface area contributed by atoms with E-state index in [0.29, 0.717) is 29.3 Å². The molecule has 3 aromatic rings. The Bertz CT molecular complexity index is 1240. The molecule has 0 aromatic heterocycles. The molecule has 1 unspecified atom stereocenters. The minimum atomic E-state index is -4.30. The van der Waals surface area contributed by atoms with Crippen molar-refractivity contribution in [2.75, 3.05) is 18.5 Å². The van der Waals surface area contributed by atoms with Crippen molar-refractivity contribution in [2.45, 2.75) is 32.4 Å². The largest absolute Gasteiger partial charge is 0.493 e. The Balaban J connectivity index is 1.79. The Morgan fingerprint density at radius 3 is 2.46 bits per heavy atom. The van der Waals surface area contributed by atoms with E-state index in [0.717, 1.165) is 5.56 Å². The highest BCUT2D eigenvalue weighted by atomic mass is 19.4. The third-order valence-electron chi connectivity index (χ3n) is 5.32. The molecule has 0 fully saturated rings. The van der Waals surface area contributed by atoms with Gasteiger partial charge >= 0.3 is 6.18 Å². The second-order valence-electron chi connectivity index (χ2n) is 8.30. The number of halogens is 3. The van der Waals surface area contributed by atoms with Gasteiger partial charge in [-0.2, -0.15) is 13.2 Å². The van der Waals surface area contributed by atoms with E-state index >= 15 is 0 Å². The summed E-state index contributed by atoms with van der Waals surface area (Å²) in [5.74, 6) is -0.690. The number of nitrogens with zero attached hydrogens (tertiary/aromatic N) is 1. The molecule has 0 radical (unpaired) electrons. The van der Waals surface area contributed by atoms with Gasteiger partial charge in [-0.25, -0.2) is 0 Å². The molecule has 9 heteroatoms. The van der Waals surface area contributed by atoms with Crippen molar-refractivity contribution in [3.8, 4) is 5.75 Å². The van der Waals surface area contributed by atoms with Gasteiger partial charge in [-0.05, 0) is 42.3 Å². The summed E-state index contributed by atoms with van der Waals surface area (Å²) in [6, 6.07) is 20.1. The molecule has 194 valence electrons. The number of hydrogen-bond acceptors (Lipinski definition) is 4. The van der Waals surface area contributed by atoms with Crippen LogP contribution in [0, 0.1) is 0 Å². The number of rotatable bonds is 10. The number of alkyl halides is 3. The smallest absolute Gasteiger partial charge is 0.393 e. The second kappa shape index (κ2) is 12.7. The van der Waals surface area contributed by atoms with Crippen molar-refractivity contribution in [1.29, 1.82) is 0 Å². The molecular formula is C28H28F3N3O3. The first-order valence-corrected chi connectivity index (χ1v) is 11.7. The van der Waals surface area contributed by atoms with Gasteiger partial charge in [0.15, 0.2) is 0 Å². The molecule has 0 aliphatic rings.